The maximum atomic E-state index is 2.38. The van der Waals surface area contributed by atoms with Gasteiger partial charge >= 0.3 is 0 Å². The summed E-state index contributed by atoms with van der Waals surface area (Å²) in [7, 11) is 0. The van der Waals surface area contributed by atoms with Crippen molar-refractivity contribution >= 4 is 0 Å². The highest BCUT2D eigenvalue weighted by atomic mass is 15.4. The quantitative estimate of drug-likeness (QED) is 0.809. The lowest BCUT2D eigenvalue weighted by atomic mass is 10.1. The molecule has 2 nitrogen and oxygen atoms in total. The molecule has 2 atom stereocenters. The van der Waals surface area contributed by atoms with Gasteiger partial charge in [-0.3, -0.25) is 0 Å². The third kappa shape index (κ3) is 2.94. The number of rotatable bonds is 4. The number of nitrogens with zero attached hydrogens (tertiary/aromatic N) is 2. The fourth-order valence-electron chi connectivity index (χ4n) is 2.80. The van der Waals surface area contributed by atoms with E-state index < -0.39 is 0 Å². The molecular formula is C19H22N2. The van der Waals surface area contributed by atoms with E-state index in [1.54, 1.807) is 0 Å². The minimum absolute atomic E-state index is 0.399. The van der Waals surface area contributed by atoms with Crippen molar-refractivity contribution in [2.24, 2.45) is 0 Å². The Morgan fingerprint density at radius 3 is 1.43 bits per heavy atom. The van der Waals surface area contributed by atoms with Crippen LogP contribution in [0.25, 0.3) is 0 Å². The Morgan fingerprint density at radius 2 is 1.05 bits per heavy atom. The van der Waals surface area contributed by atoms with E-state index in [-0.39, 0.29) is 0 Å². The molecule has 3 rings (SSSR count). The van der Waals surface area contributed by atoms with Crippen molar-refractivity contribution in [3.63, 3.8) is 0 Å². The van der Waals surface area contributed by atoms with Gasteiger partial charge in [-0.05, 0) is 25.0 Å². The fraction of sp³-hybridized carbons (Fsp3) is 0.263. The van der Waals surface area contributed by atoms with Crippen molar-refractivity contribution in [1.29, 1.82) is 0 Å². The van der Waals surface area contributed by atoms with Crippen LogP contribution in [-0.4, -0.2) is 16.5 Å². The van der Waals surface area contributed by atoms with Gasteiger partial charge in [-0.25, -0.2) is 0 Å². The van der Waals surface area contributed by atoms with E-state index in [1.165, 1.54) is 11.1 Å². The highest BCUT2D eigenvalue weighted by Crippen LogP contribution is 2.28. The Kier molecular flexibility index (Phi) is 3.96. The molecule has 2 unspecified atom stereocenters. The van der Waals surface area contributed by atoms with Gasteiger partial charge in [-0.2, -0.15) is 0 Å². The van der Waals surface area contributed by atoms with Gasteiger partial charge in [0, 0.05) is 12.4 Å². The highest BCUT2D eigenvalue weighted by Gasteiger charge is 2.22. The standard InChI is InChI=1S/C19H22N2/c1-16(18-9-5-3-6-10-18)20-13-14-21(15-20)17(2)19-11-7-4-8-12-19/h3-14,16-17H,15H2,1-2H3. The summed E-state index contributed by atoms with van der Waals surface area (Å²) in [6.45, 7) is 5.46. The zero-order valence-electron chi connectivity index (χ0n) is 12.7. The van der Waals surface area contributed by atoms with Gasteiger partial charge in [0.05, 0.1) is 18.8 Å². The van der Waals surface area contributed by atoms with Crippen LogP contribution in [0.5, 0.6) is 0 Å². The molecule has 0 N–H and O–H groups in total. The topological polar surface area (TPSA) is 6.48 Å². The molecule has 0 spiro atoms. The molecule has 0 fully saturated rings. The monoisotopic (exact) mass is 278 g/mol. The molecule has 0 radical (unpaired) electrons. The molecule has 0 saturated heterocycles. The average molecular weight is 278 g/mol. The van der Waals surface area contributed by atoms with Crippen molar-refractivity contribution in [2.75, 3.05) is 6.67 Å². The maximum Gasteiger partial charge on any atom is 0.0905 e. The van der Waals surface area contributed by atoms with E-state index in [4.69, 9.17) is 0 Å². The van der Waals surface area contributed by atoms with Crippen molar-refractivity contribution < 1.29 is 0 Å². The predicted molar refractivity (Wildman–Crippen MR) is 87.4 cm³/mol. The lowest BCUT2D eigenvalue weighted by molar-refractivity contribution is 0.191. The molecular weight excluding hydrogens is 256 g/mol. The molecule has 0 aliphatic carbocycles. The van der Waals surface area contributed by atoms with Gasteiger partial charge in [0.25, 0.3) is 0 Å². The summed E-state index contributed by atoms with van der Waals surface area (Å²) in [6, 6.07) is 22.1. The second-order valence-electron chi connectivity index (χ2n) is 5.64. The summed E-state index contributed by atoms with van der Waals surface area (Å²) in [5, 5.41) is 0. The van der Waals surface area contributed by atoms with Gasteiger partial charge < -0.3 is 9.80 Å². The number of hydrogen-bond acceptors (Lipinski definition) is 2. The molecule has 0 bridgehead atoms. The summed E-state index contributed by atoms with van der Waals surface area (Å²) in [6.07, 6.45) is 4.41. The molecule has 1 heterocycles. The molecule has 2 aromatic rings. The van der Waals surface area contributed by atoms with E-state index in [9.17, 15) is 0 Å². The highest BCUT2D eigenvalue weighted by molar-refractivity contribution is 5.21. The van der Waals surface area contributed by atoms with Crippen LogP contribution in [-0.2, 0) is 0 Å². The maximum absolute atomic E-state index is 2.38. The second kappa shape index (κ2) is 6.04. The number of hydrogen-bond donors (Lipinski definition) is 0. The minimum Gasteiger partial charge on any atom is -0.352 e. The van der Waals surface area contributed by atoms with E-state index in [0.717, 1.165) is 6.67 Å². The van der Waals surface area contributed by atoms with E-state index >= 15 is 0 Å². The van der Waals surface area contributed by atoms with Crippen LogP contribution < -0.4 is 0 Å². The average Bonchev–Trinajstić information content (AvgIpc) is 3.05. The van der Waals surface area contributed by atoms with Gasteiger partial charge in [0.15, 0.2) is 0 Å². The molecule has 1 aliphatic heterocycles. The van der Waals surface area contributed by atoms with Crippen LogP contribution in [0.1, 0.15) is 37.1 Å². The molecule has 0 aromatic heterocycles. The molecule has 21 heavy (non-hydrogen) atoms. The lowest BCUT2D eigenvalue weighted by Crippen LogP contribution is -2.29. The normalized spacial score (nSPS) is 17.0. The predicted octanol–water partition coefficient (Wildman–Crippen LogP) is 4.56. The Balaban J connectivity index is 1.68. The Hall–Kier alpha value is -2.22. The molecule has 0 saturated carbocycles. The molecule has 2 aromatic carbocycles. The molecule has 108 valence electrons. The van der Waals surface area contributed by atoms with Crippen molar-refractivity contribution in [1.82, 2.24) is 9.80 Å². The summed E-state index contributed by atoms with van der Waals surface area (Å²) in [5.74, 6) is 0. The van der Waals surface area contributed by atoms with Gasteiger partial charge in [0.1, 0.15) is 0 Å². The molecule has 0 amide bonds. The Labute approximate surface area is 127 Å². The van der Waals surface area contributed by atoms with Crippen molar-refractivity contribution in [2.45, 2.75) is 25.9 Å². The van der Waals surface area contributed by atoms with Gasteiger partial charge in [-0.15, -0.1) is 0 Å². The summed E-state index contributed by atoms with van der Waals surface area (Å²) in [4.78, 5) is 4.77. The van der Waals surface area contributed by atoms with Crippen LogP contribution in [0.2, 0.25) is 0 Å². The Morgan fingerprint density at radius 1 is 0.667 bits per heavy atom. The molecule has 1 aliphatic rings. The smallest absolute Gasteiger partial charge is 0.0905 e. The van der Waals surface area contributed by atoms with E-state index in [1.807, 2.05) is 0 Å². The summed E-state index contributed by atoms with van der Waals surface area (Å²) >= 11 is 0. The van der Waals surface area contributed by atoms with Crippen LogP contribution in [0.15, 0.2) is 73.1 Å². The SMILES string of the molecule is CC(c1ccccc1)N1C=CN(C(C)c2ccccc2)C1. The van der Waals surface area contributed by atoms with Crippen LogP contribution >= 0.6 is 0 Å². The largest absolute Gasteiger partial charge is 0.352 e. The first-order valence-corrected chi connectivity index (χ1v) is 7.55. The van der Waals surface area contributed by atoms with Crippen LogP contribution in [0.3, 0.4) is 0 Å². The number of benzene rings is 2. The third-order valence-corrected chi connectivity index (χ3v) is 4.34. The van der Waals surface area contributed by atoms with Crippen LogP contribution in [0.4, 0.5) is 0 Å². The summed E-state index contributed by atoms with van der Waals surface area (Å²) in [5.41, 5.74) is 2.72. The van der Waals surface area contributed by atoms with Gasteiger partial charge in [-0.1, -0.05) is 60.7 Å². The minimum atomic E-state index is 0.399. The fourth-order valence-corrected chi connectivity index (χ4v) is 2.80. The van der Waals surface area contributed by atoms with Gasteiger partial charge in [0.2, 0.25) is 0 Å². The zero-order valence-corrected chi connectivity index (χ0v) is 12.7. The van der Waals surface area contributed by atoms with Crippen LogP contribution in [0, 0.1) is 0 Å². The molecule has 2 heteroatoms. The second-order valence-corrected chi connectivity index (χ2v) is 5.64. The van der Waals surface area contributed by atoms with E-state index in [0.29, 0.717) is 12.1 Å². The third-order valence-electron chi connectivity index (χ3n) is 4.34. The lowest BCUT2D eigenvalue weighted by Gasteiger charge is -2.30. The zero-order chi connectivity index (χ0) is 14.7. The van der Waals surface area contributed by atoms with Crippen molar-refractivity contribution in [3.8, 4) is 0 Å². The first-order valence-electron chi connectivity index (χ1n) is 7.55. The summed E-state index contributed by atoms with van der Waals surface area (Å²) < 4.78 is 0. The van der Waals surface area contributed by atoms with Crippen molar-refractivity contribution in [3.05, 3.63) is 84.2 Å². The Bertz CT molecular complexity index is 538. The first kappa shape index (κ1) is 13.7. The van der Waals surface area contributed by atoms with E-state index in [2.05, 4.69) is 96.7 Å². The first-order chi connectivity index (χ1) is 10.3.